The molecule has 0 atom stereocenters. The summed E-state index contributed by atoms with van der Waals surface area (Å²) in [5.41, 5.74) is -2.64. The van der Waals surface area contributed by atoms with Gasteiger partial charge in [-0.3, -0.25) is 0 Å². The second-order valence-corrected chi connectivity index (χ2v) is 12.8. The van der Waals surface area contributed by atoms with Crippen molar-refractivity contribution in [3.05, 3.63) is 114 Å². The average molecular weight is 847 g/mol. The fourth-order valence-corrected chi connectivity index (χ4v) is 3.11. The molecular weight excluding hydrogens is 792 g/mol. The first-order chi connectivity index (χ1) is 28.1. The summed E-state index contributed by atoms with van der Waals surface area (Å²) in [5.74, 6) is -5.89. The molecule has 0 amide bonds. The van der Waals surface area contributed by atoms with Crippen molar-refractivity contribution in [2.45, 2.75) is 20.8 Å². The Morgan fingerprint density at radius 3 is 0.617 bits per heavy atom. The highest BCUT2D eigenvalue weighted by Crippen LogP contribution is 2.22. The van der Waals surface area contributed by atoms with Crippen LogP contribution in [0.4, 0.5) is 0 Å². The van der Waals surface area contributed by atoms with Crippen molar-refractivity contribution in [1.82, 2.24) is 0 Å². The third-order valence-electron chi connectivity index (χ3n) is 6.48. The molecule has 0 rings (SSSR count). The van der Waals surface area contributed by atoms with E-state index in [0.29, 0.717) is 0 Å². The van der Waals surface area contributed by atoms with Gasteiger partial charge in [0.2, 0.25) is 0 Å². The van der Waals surface area contributed by atoms with Crippen LogP contribution in [0.1, 0.15) is 20.8 Å². The van der Waals surface area contributed by atoms with Crippen LogP contribution in [0.15, 0.2) is 114 Å². The maximum absolute atomic E-state index is 11.3. The molecule has 0 aliphatic heterocycles. The summed E-state index contributed by atoms with van der Waals surface area (Å²) in [4.78, 5) is 100. The third kappa shape index (κ3) is 30.1. The van der Waals surface area contributed by atoms with Gasteiger partial charge in [-0.25, -0.2) is 43.2 Å². The molecule has 18 nitrogen and oxygen atoms in total. The lowest BCUT2D eigenvalue weighted by atomic mass is 9.92. The lowest BCUT2D eigenvalue weighted by Gasteiger charge is -2.31. The number of rotatable bonds is 27. The number of hydrogen-bond acceptors (Lipinski definition) is 18. The van der Waals surface area contributed by atoms with Crippen LogP contribution in [-0.2, 0) is 85.8 Å². The molecule has 0 bridgehead atoms. The Morgan fingerprint density at radius 1 is 0.300 bits per heavy atom. The molecular formula is C42H54O18. The number of esters is 9. The molecule has 60 heavy (non-hydrogen) atoms. The Labute approximate surface area is 349 Å². The molecule has 0 spiro atoms. The molecule has 330 valence electrons. The molecule has 0 aromatic carbocycles. The summed E-state index contributed by atoms with van der Waals surface area (Å²) in [6.07, 6.45) is 8.89. The zero-order valence-electron chi connectivity index (χ0n) is 34.3. The number of carbonyl (C=O) groups is 9. The van der Waals surface area contributed by atoms with Crippen LogP contribution >= 0.6 is 0 Å². The van der Waals surface area contributed by atoms with Gasteiger partial charge in [0.05, 0.1) is 18.6 Å². The van der Waals surface area contributed by atoms with Crippen molar-refractivity contribution in [3.8, 4) is 0 Å². The molecule has 0 aromatic heterocycles. The van der Waals surface area contributed by atoms with Gasteiger partial charge in [0.15, 0.2) is 0 Å². The molecule has 0 N–H and O–H groups in total. The van der Waals surface area contributed by atoms with Crippen molar-refractivity contribution in [2.75, 3.05) is 59.5 Å². The molecule has 0 aliphatic rings. The van der Waals surface area contributed by atoms with Gasteiger partial charge in [-0.05, 0) is 6.92 Å². The number of carbonyl (C=O) groups excluding carboxylic acids is 9. The minimum absolute atomic E-state index is 0.104. The molecule has 0 saturated heterocycles. The molecule has 0 fully saturated rings. The zero-order valence-corrected chi connectivity index (χ0v) is 34.3. The molecule has 0 saturated carbocycles. The first kappa shape index (κ1) is 57.2. The second-order valence-electron chi connectivity index (χ2n) is 12.8. The van der Waals surface area contributed by atoms with Crippen LogP contribution in [0.2, 0.25) is 0 Å². The van der Waals surface area contributed by atoms with Crippen LogP contribution in [0.3, 0.4) is 0 Å². The zero-order chi connectivity index (χ0) is 46.8. The van der Waals surface area contributed by atoms with Gasteiger partial charge in [-0.2, -0.15) is 0 Å². The van der Waals surface area contributed by atoms with Gasteiger partial charge in [-0.1, -0.05) is 73.1 Å². The van der Waals surface area contributed by atoms with Crippen LogP contribution in [-0.4, -0.2) is 113 Å². The van der Waals surface area contributed by atoms with Crippen molar-refractivity contribution >= 4 is 53.7 Å². The van der Waals surface area contributed by atoms with E-state index >= 15 is 0 Å². The largest absolute Gasteiger partial charge is 0.462 e. The highest BCUT2D eigenvalue weighted by Gasteiger charge is 2.37. The van der Waals surface area contributed by atoms with Crippen LogP contribution in [0.5, 0.6) is 0 Å². The maximum Gasteiger partial charge on any atom is 0.330 e. The topological polar surface area (TPSA) is 237 Å². The van der Waals surface area contributed by atoms with Crippen molar-refractivity contribution in [1.29, 1.82) is 0 Å². The van der Waals surface area contributed by atoms with Crippen LogP contribution in [0.25, 0.3) is 0 Å². The first-order valence-electron chi connectivity index (χ1n) is 17.2. The summed E-state index contributed by atoms with van der Waals surface area (Å²) < 4.78 is 44.2. The predicted octanol–water partition coefficient (Wildman–Crippen LogP) is 3.54. The number of hydrogen-bond donors (Lipinski definition) is 0. The molecule has 0 radical (unpaired) electrons. The molecule has 18 heteroatoms. The minimum Gasteiger partial charge on any atom is -0.462 e. The Hall–Kier alpha value is -7.11. The van der Waals surface area contributed by atoms with Gasteiger partial charge in [0.1, 0.15) is 51.7 Å². The summed E-state index contributed by atoms with van der Waals surface area (Å²) in [7, 11) is 0. The van der Waals surface area contributed by atoms with E-state index in [1.807, 2.05) is 13.8 Å². The van der Waals surface area contributed by atoms with Crippen molar-refractivity contribution in [2.24, 2.45) is 16.2 Å². The van der Waals surface area contributed by atoms with Crippen molar-refractivity contribution < 1.29 is 85.8 Å². The average Bonchev–Trinajstić information content (AvgIpc) is 3.26. The van der Waals surface area contributed by atoms with E-state index in [2.05, 4.69) is 59.2 Å². The van der Waals surface area contributed by atoms with Crippen molar-refractivity contribution in [3.63, 3.8) is 0 Å². The molecule has 0 aliphatic carbocycles. The Morgan fingerprint density at radius 2 is 0.450 bits per heavy atom. The summed E-state index contributed by atoms with van der Waals surface area (Å²) >= 11 is 0. The lowest BCUT2D eigenvalue weighted by Crippen LogP contribution is -2.43. The van der Waals surface area contributed by atoms with E-state index < -0.39 is 70.0 Å². The molecule has 0 unspecified atom stereocenters. The monoisotopic (exact) mass is 846 g/mol. The summed E-state index contributed by atoms with van der Waals surface area (Å²) in [5, 5.41) is 0. The van der Waals surface area contributed by atoms with Gasteiger partial charge in [0.25, 0.3) is 0 Å². The van der Waals surface area contributed by atoms with E-state index in [-0.39, 0.29) is 59.5 Å². The molecule has 0 aromatic rings. The highest BCUT2D eigenvalue weighted by molar-refractivity contribution is 5.84. The van der Waals surface area contributed by atoms with Gasteiger partial charge >= 0.3 is 53.7 Å². The standard InChI is InChI=1S/C17H20O8.C14H18O6.C11H16O4/c1-5-13(18)22-9-17(10-23-14(19)6-2,11-24-15(20)7-3)12-25-16(21)8-4;1-5-11(15)18-8-14(4,9-19-12(16)6-2)10-20-13(17)7-3;1-5-9(12)14-7-11(3,4)8-15-10(13)6-2/h5-8H,1-4,9-12H2;5-7H,1-3,8-10H2,4H3;5-6H,1-2,7-8H2,3-4H3. The smallest absolute Gasteiger partial charge is 0.330 e. The Balaban J connectivity index is -0.000000839. The SMILES string of the molecule is C=CC(=O)OCC(C)(C)COC(=O)C=C.C=CC(=O)OCC(C)(COC(=O)C=C)COC(=O)C=C.C=CC(=O)OCC(COC(=O)C=C)(COC(=O)C=C)COC(=O)C=C. The highest BCUT2D eigenvalue weighted by atomic mass is 16.6. The fourth-order valence-electron chi connectivity index (χ4n) is 3.11. The Bertz CT molecular complexity index is 1410. The van der Waals surface area contributed by atoms with Gasteiger partial charge in [0, 0.05) is 60.1 Å². The lowest BCUT2D eigenvalue weighted by molar-refractivity contribution is -0.165. The third-order valence-corrected chi connectivity index (χ3v) is 6.48. The Kier molecular flexibility index (Phi) is 30.4. The van der Waals surface area contributed by atoms with Gasteiger partial charge < -0.3 is 42.6 Å². The number of ether oxygens (including phenoxy) is 9. The normalized spacial score (nSPS) is 10.1. The summed E-state index contributed by atoms with van der Waals surface area (Å²) in [6.45, 7) is 33.1. The second kappa shape index (κ2) is 31.9. The maximum atomic E-state index is 11.3. The van der Waals surface area contributed by atoms with Crippen LogP contribution in [0, 0.1) is 16.2 Å². The van der Waals surface area contributed by atoms with E-state index in [0.717, 1.165) is 54.7 Å². The predicted molar refractivity (Wildman–Crippen MR) is 215 cm³/mol. The van der Waals surface area contributed by atoms with Gasteiger partial charge in [-0.15, -0.1) is 0 Å². The summed E-state index contributed by atoms with van der Waals surface area (Å²) in [6, 6.07) is 0. The van der Waals surface area contributed by atoms with E-state index in [1.165, 1.54) is 0 Å². The first-order valence-corrected chi connectivity index (χ1v) is 17.2. The quantitative estimate of drug-likeness (QED) is 0.0653. The van der Waals surface area contributed by atoms with E-state index in [9.17, 15) is 43.2 Å². The van der Waals surface area contributed by atoms with E-state index in [4.69, 9.17) is 42.6 Å². The van der Waals surface area contributed by atoms with E-state index in [1.54, 1.807) is 6.92 Å². The minimum atomic E-state index is -1.34. The van der Waals surface area contributed by atoms with Crippen LogP contribution < -0.4 is 0 Å². The molecule has 0 heterocycles. The fraction of sp³-hybridized carbons (Fsp3) is 0.357.